The number of carboxylic acids is 1. The molecule has 0 aromatic heterocycles. The number of aliphatic carboxylic acids is 1. The summed E-state index contributed by atoms with van der Waals surface area (Å²) in [7, 11) is 0. The van der Waals surface area contributed by atoms with E-state index >= 15 is 0 Å². The minimum atomic E-state index is -4.44. The molecule has 1 fully saturated rings. The lowest BCUT2D eigenvalue weighted by Gasteiger charge is -2.22. The maximum absolute atomic E-state index is 12.7. The number of rotatable bonds is 6. The van der Waals surface area contributed by atoms with Crippen LogP contribution >= 0.6 is 0 Å². The van der Waals surface area contributed by atoms with Crippen LogP contribution in [-0.4, -0.2) is 22.2 Å². The Morgan fingerprint density at radius 2 is 1.31 bits per heavy atom. The fourth-order valence-corrected chi connectivity index (χ4v) is 4.58. The number of aliphatic hydroxyl groups excluding tert-OH is 1. The van der Waals surface area contributed by atoms with E-state index in [1.807, 2.05) is 12.1 Å². The van der Waals surface area contributed by atoms with Gasteiger partial charge >= 0.3 is 18.2 Å². The van der Waals surface area contributed by atoms with Crippen molar-refractivity contribution in [2.24, 2.45) is 11.8 Å². The lowest BCUT2D eigenvalue weighted by Crippen LogP contribution is -2.23. The summed E-state index contributed by atoms with van der Waals surface area (Å²) in [6, 6.07) is 17.8. The van der Waals surface area contributed by atoms with Gasteiger partial charge in [0.1, 0.15) is 0 Å². The lowest BCUT2D eigenvalue weighted by atomic mass is 9.86. The summed E-state index contributed by atoms with van der Waals surface area (Å²) in [4.78, 5) is 23.6. The normalized spacial score (nSPS) is 18.4. The molecule has 0 heterocycles. The molecule has 4 rings (SSSR count). The predicted molar refractivity (Wildman–Crippen MR) is 129 cm³/mol. The van der Waals surface area contributed by atoms with Gasteiger partial charge in [-0.2, -0.15) is 13.2 Å². The fourth-order valence-electron chi connectivity index (χ4n) is 4.58. The standard InChI is InChI=1S/C27H25F3N2O4/c28-27(29,30)19-10-14-21(15-11-19)32-26(36)31-20-12-8-17(9-13-20)16-4-6-18(7-5-16)24(33)22-2-1-3-23(22)25(34)35/h4-15,22-24,33H,1-3H2,(H,34,35)(H2,31,32,36)/t22-,23-,24-/m1/s1. The summed E-state index contributed by atoms with van der Waals surface area (Å²) >= 11 is 0. The number of carbonyl (C=O) groups excluding carboxylic acids is 1. The first kappa shape index (κ1) is 25.2. The molecular weight excluding hydrogens is 473 g/mol. The van der Waals surface area contributed by atoms with Gasteiger partial charge in [0, 0.05) is 17.3 Å². The van der Waals surface area contributed by atoms with Gasteiger partial charge in [0.25, 0.3) is 0 Å². The van der Waals surface area contributed by atoms with Gasteiger partial charge in [0.2, 0.25) is 0 Å². The number of amides is 2. The molecule has 188 valence electrons. The van der Waals surface area contributed by atoms with Crippen LogP contribution in [0.15, 0.2) is 72.8 Å². The highest BCUT2D eigenvalue weighted by Crippen LogP contribution is 2.40. The van der Waals surface area contributed by atoms with Crippen molar-refractivity contribution in [3.05, 3.63) is 83.9 Å². The topological polar surface area (TPSA) is 98.7 Å². The number of benzene rings is 3. The van der Waals surface area contributed by atoms with Crippen molar-refractivity contribution < 1.29 is 33.0 Å². The van der Waals surface area contributed by atoms with E-state index in [0.29, 0.717) is 24.1 Å². The Morgan fingerprint density at radius 3 is 1.81 bits per heavy atom. The average Bonchev–Trinajstić information content (AvgIpc) is 3.34. The largest absolute Gasteiger partial charge is 0.481 e. The zero-order valence-electron chi connectivity index (χ0n) is 19.1. The Labute approximate surface area is 205 Å². The molecular formula is C27H25F3N2O4. The molecule has 3 atom stereocenters. The van der Waals surface area contributed by atoms with Crippen molar-refractivity contribution in [3.8, 4) is 11.1 Å². The maximum atomic E-state index is 12.7. The third-order valence-corrected chi connectivity index (χ3v) is 6.49. The molecule has 2 amide bonds. The molecule has 0 saturated heterocycles. The van der Waals surface area contributed by atoms with E-state index in [2.05, 4.69) is 10.6 Å². The van der Waals surface area contributed by atoms with E-state index in [1.54, 1.807) is 36.4 Å². The molecule has 3 aromatic carbocycles. The second-order valence-corrected chi connectivity index (χ2v) is 8.84. The molecule has 0 spiro atoms. The number of carboxylic acid groups (broad SMARTS) is 1. The van der Waals surface area contributed by atoms with Gasteiger partial charge in [-0.1, -0.05) is 42.8 Å². The highest BCUT2D eigenvalue weighted by atomic mass is 19.4. The van der Waals surface area contributed by atoms with Crippen molar-refractivity contribution in [1.29, 1.82) is 0 Å². The molecule has 1 aliphatic rings. The Hall–Kier alpha value is -3.85. The molecule has 0 radical (unpaired) electrons. The molecule has 4 N–H and O–H groups in total. The SMILES string of the molecule is O=C(Nc1ccc(-c2ccc([C@@H](O)[C@@H]3CCC[C@H]3C(=O)O)cc2)cc1)Nc1ccc(C(F)(F)F)cc1. The van der Waals surface area contributed by atoms with Gasteiger partial charge in [-0.25, -0.2) is 4.79 Å². The van der Waals surface area contributed by atoms with Crippen molar-refractivity contribution >= 4 is 23.4 Å². The molecule has 1 aliphatic carbocycles. The zero-order valence-corrected chi connectivity index (χ0v) is 19.1. The van der Waals surface area contributed by atoms with Gasteiger partial charge in [0.15, 0.2) is 0 Å². The number of alkyl halides is 3. The highest BCUT2D eigenvalue weighted by Gasteiger charge is 2.38. The lowest BCUT2D eigenvalue weighted by molar-refractivity contribution is -0.144. The van der Waals surface area contributed by atoms with Crippen LogP contribution in [0.2, 0.25) is 0 Å². The second kappa shape index (κ2) is 10.4. The van der Waals surface area contributed by atoms with E-state index in [1.165, 1.54) is 12.1 Å². The Balaban J connectivity index is 1.35. The van der Waals surface area contributed by atoms with Crippen LogP contribution in [-0.2, 0) is 11.0 Å². The van der Waals surface area contributed by atoms with E-state index in [-0.39, 0.29) is 11.6 Å². The van der Waals surface area contributed by atoms with E-state index in [0.717, 1.165) is 29.7 Å². The Bertz CT molecular complexity index is 1210. The van der Waals surface area contributed by atoms with Crippen LogP contribution in [0, 0.1) is 11.8 Å². The second-order valence-electron chi connectivity index (χ2n) is 8.84. The number of hydrogen-bond donors (Lipinski definition) is 4. The molecule has 0 aliphatic heterocycles. The van der Waals surface area contributed by atoms with E-state index in [4.69, 9.17) is 0 Å². The fraction of sp³-hybridized carbons (Fsp3) is 0.259. The molecule has 1 saturated carbocycles. The summed E-state index contributed by atoms with van der Waals surface area (Å²) in [6.45, 7) is 0. The molecule has 9 heteroatoms. The molecule has 36 heavy (non-hydrogen) atoms. The monoisotopic (exact) mass is 498 g/mol. The summed E-state index contributed by atoms with van der Waals surface area (Å²) < 4.78 is 38.0. The van der Waals surface area contributed by atoms with Crippen LogP contribution in [0.3, 0.4) is 0 Å². The van der Waals surface area contributed by atoms with Crippen molar-refractivity contribution in [3.63, 3.8) is 0 Å². The van der Waals surface area contributed by atoms with Crippen LogP contribution < -0.4 is 10.6 Å². The van der Waals surface area contributed by atoms with Crippen molar-refractivity contribution in [2.45, 2.75) is 31.5 Å². The minimum absolute atomic E-state index is 0.228. The smallest absolute Gasteiger partial charge is 0.416 e. The zero-order chi connectivity index (χ0) is 25.9. The number of anilines is 2. The highest BCUT2D eigenvalue weighted by molar-refractivity contribution is 5.99. The van der Waals surface area contributed by atoms with Gasteiger partial charge in [0.05, 0.1) is 17.6 Å². The quantitative estimate of drug-likeness (QED) is 0.310. The summed E-state index contributed by atoms with van der Waals surface area (Å²) in [5.74, 6) is -1.70. The van der Waals surface area contributed by atoms with Gasteiger partial charge < -0.3 is 20.8 Å². The maximum Gasteiger partial charge on any atom is 0.416 e. The number of aliphatic hydroxyl groups is 1. The minimum Gasteiger partial charge on any atom is -0.481 e. The van der Waals surface area contributed by atoms with Crippen LogP contribution in [0.1, 0.15) is 36.5 Å². The number of halogens is 3. The van der Waals surface area contributed by atoms with Crippen molar-refractivity contribution in [1.82, 2.24) is 0 Å². The third kappa shape index (κ3) is 5.85. The molecule has 6 nitrogen and oxygen atoms in total. The predicted octanol–water partition coefficient (Wildman–Crippen LogP) is 6.55. The first-order valence-electron chi connectivity index (χ1n) is 11.5. The molecule has 3 aromatic rings. The number of carbonyl (C=O) groups is 2. The van der Waals surface area contributed by atoms with Crippen LogP contribution in [0.4, 0.5) is 29.3 Å². The van der Waals surface area contributed by atoms with Crippen LogP contribution in [0.25, 0.3) is 11.1 Å². The van der Waals surface area contributed by atoms with Gasteiger partial charge in [-0.05, 0) is 65.9 Å². The Morgan fingerprint density at radius 1 is 0.806 bits per heavy atom. The van der Waals surface area contributed by atoms with E-state index < -0.39 is 35.8 Å². The molecule has 0 bridgehead atoms. The summed E-state index contributed by atoms with van der Waals surface area (Å²) in [6.07, 6.45) is -3.22. The third-order valence-electron chi connectivity index (χ3n) is 6.49. The number of hydrogen-bond acceptors (Lipinski definition) is 3. The summed E-state index contributed by atoms with van der Waals surface area (Å²) in [5.41, 5.74) is 2.36. The van der Waals surface area contributed by atoms with Gasteiger partial charge in [-0.3, -0.25) is 4.79 Å². The number of nitrogens with one attached hydrogen (secondary N) is 2. The van der Waals surface area contributed by atoms with Gasteiger partial charge in [-0.15, -0.1) is 0 Å². The van der Waals surface area contributed by atoms with Crippen molar-refractivity contribution in [2.75, 3.05) is 10.6 Å². The summed E-state index contributed by atoms with van der Waals surface area (Å²) in [5, 5.41) is 25.2. The number of urea groups is 1. The van der Waals surface area contributed by atoms with Crippen LogP contribution in [0.5, 0.6) is 0 Å². The first-order chi connectivity index (χ1) is 17.1. The van der Waals surface area contributed by atoms with E-state index in [9.17, 15) is 33.0 Å². The Kier molecular flexibility index (Phi) is 7.30. The average molecular weight is 499 g/mol. The first-order valence-corrected chi connectivity index (χ1v) is 11.5. The molecule has 0 unspecified atom stereocenters.